The maximum atomic E-state index is 5.62. The molecule has 1 heterocycles. The van der Waals surface area contributed by atoms with Gasteiger partial charge in [0.05, 0.1) is 0 Å². The highest BCUT2D eigenvalue weighted by molar-refractivity contribution is 5.49. The zero-order chi connectivity index (χ0) is 11.5. The van der Waals surface area contributed by atoms with Crippen molar-refractivity contribution in [2.75, 3.05) is 11.4 Å². The number of hydrogen-bond acceptors (Lipinski definition) is 2. The summed E-state index contributed by atoms with van der Waals surface area (Å²) in [5.41, 5.74) is 8.18. The highest BCUT2D eigenvalue weighted by Crippen LogP contribution is 2.29. The highest BCUT2D eigenvalue weighted by Gasteiger charge is 2.26. The number of anilines is 1. The van der Waals surface area contributed by atoms with Crippen molar-refractivity contribution in [1.29, 1.82) is 0 Å². The van der Waals surface area contributed by atoms with Crippen molar-refractivity contribution in [2.24, 2.45) is 11.7 Å². The molecule has 0 amide bonds. The zero-order valence-corrected chi connectivity index (χ0v) is 10.3. The lowest BCUT2D eigenvalue weighted by Crippen LogP contribution is -2.33. The monoisotopic (exact) mass is 218 g/mol. The minimum absolute atomic E-state index is 0.633. The molecule has 88 valence electrons. The molecule has 2 rings (SSSR count). The molecule has 0 aliphatic carbocycles. The van der Waals surface area contributed by atoms with Crippen LogP contribution in [-0.4, -0.2) is 12.6 Å². The molecule has 0 bridgehead atoms. The van der Waals surface area contributed by atoms with Crippen LogP contribution in [0.3, 0.4) is 0 Å². The first-order chi connectivity index (χ1) is 7.72. The van der Waals surface area contributed by atoms with Gasteiger partial charge in [0.1, 0.15) is 0 Å². The molecular weight excluding hydrogens is 196 g/mol. The Morgan fingerprint density at radius 3 is 2.56 bits per heavy atom. The molecule has 2 heteroatoms. The molecule has 0 spiro atoms. The number of nitrogens with zero attached hydrogens (tertiary/aromatic N) is 1. The van der Waals surface area contributed by atoms with E-state index in [1.54, 1.807) is 0 Å². The molecule has 1 atom stereocenters. The smallest absolute Gasteiger partial charge is 0.0368 e. The summed E-state index contributed by atoms with van der Waals surface area (Å²) in [4.78, 5) is 2.55. The van der Waals surface area contributed by atoms with E-state index in [2.05, 4.69) is 43.0 Å². The lowest BCUT2D eigenvalue weighted by atomic mass is 10.0. The van der Waals surface area contributed by atoms with E-state index in [1.807, 2.05) is 0 Å². The molecular formula is C14H22N2. The molecule has 1 aromatic carbocycles. The summed E-state index contributed by atoms with van der Waals surface area (Å²) in [5, 5.41) is 0. The highest BCUT2D eigenvalue weighted by atomic mass is 15.2. The van der Waals surface area contributed by atoms with Crippen LogP contribution in [-0.2, 0) is 6.54 Å². The lowest BCUT2D eigenvalue weighted by Gasteiger charge is -2.29. The van der Waals surface area contributed by atoms with Crippen molar-refractivity contribution in [2.45, 2.75) is 39.3 Å². The van der Waals surface area contributed by atoms with Gasteiger partial charge in [-0.3, -0.25) is 0 Å². The average molecular weight is 218 g/mol. The van der Waals surface area contributed by atoms with Crippen molar-refractivity contribution in [3.05, 3.63) is 29.8 Å². The fourth-order valence-electron chi connectivity index (χ4n) is 2.63. The fourth-order valence-corrected chi connectivity index (χ4v) is 2.63. The van der Waals surface area contributed by atoms with Crippen molar-refractivity contribution in [3.8, 4) is 0 Å². The Hall–Kier alpha value is -1.02. The normalized spacial score (nSPS) is 20.8. The van der Waals surface area contributed by atoms with E-state index in [0.717, 1.165) is 5.92 Å². The summed E-state index contributed by atoms with van der Waals surface area (Å²) in [6, 6.07) is 9.42. The van der Waals surface area contributed by atoms with Gasteiger partial charge >= 0.3 is 0 Å². The van der Waals surface area contributed by atoms with Gasteiger partial charge in [-0.2, -0.15) is 0 Å². The van der Waals surface area contributed by atoms with E-state index in [4.69, 9.17) is 5.73 Å². The Morgan fingerprint density at radius 2 is 2.00 bits per heavy atom. The first-order valence-corrected chi connectivity index (χ1v) is 6.28. The first-order valence-electron chi connectivity index (χ1n) is 6.28. The van der Waals surface area contributed by atoms with Gasteiger partial charge in [-0.1, -0.05) is 26.0 Å². The molecule has 0 radical (unpaired) electrons. The molecule has 0 aromatic heterocycles. The van der Waals surface area contributed by atoms with Crippen LogP contribution in [0.2, 0.25) is 0 Å². The van der Waals surface area contributed by atoms with Gasteiger partial charge in [-0.05, 0) is 36.5 Å². The number of benzene rings is 1. The summed E-state index contributed by atoms with van der Waals surface area (Å²) in [6.07, 6.45) is 2.65. The fraction of sp³-hybridized carbons (Fsp3) is 0.571. The van der Waals surface area contributed by atoms with E-state index in [0.29, 0.717) is 12.6 Å². The Morgan fingerprint density at radius 1 is 1.31 bits per heavy atom. The van der Waals surface area contributed by atoms with Gasteiger partial charge in [0, 0.05) is 24.8 Å². The average Bonchev–Trinajstić information content (AvgIpc) is 2.78. The summed E-state index contributed by atoms with van der Waals surface area (Å²) in [5.74, 6) is 0.733. The zero-order valence-electron chi connectivity index (χ0n) is 10.3. The molecule has 0 saturated carbocycles. The van der Waals surface area contributed by atoms with E-state index in [1.165, 1.54) is 30.6 Å². The van der Waals surface area contributed by atoms with Crippen molar-refractivity contribution in [3.63, 3.8) is 0 Å². The van der Waals surface area contributed by atoms with E-state index in [9.17, 15) is 0 Å². The summed E-state index contributed by atoms with van der Waals surface area (Å²) < 4.78 is 0. The van der Waals surface area contributed by atoms with Gasteiger partial charge in [0.2, 0.25) is 0 Å². The molecule has 16 heavy (non-hydrogen) atoms. The van der Waals surface area contributed by atoms with Gasteiger partial charge in [0.25, 0.3) is 0 Å². The second-order valence-electron chi connectivity index (χ2n) is 5.02. The Bertz CT molecular complexity index is 329. The van der Waals surface area contributed by atoms with Crippen molar-refractivity contribution in [1.82, 2.24) is 0 Å². The van der Waals surface area contributed by atoms with E-state index >= 15 is 0 Å². The van der Waals surface area contributed by atoms with Crippen molar-refractivity contribution < 1.29 is 0 Å². The second kappa shape index (κ2) is 4.88. The SMILES string of the molecule is CC(C)C1CCCN1c1ccc(CN)cc1. The number of hydrogen-bond donors (Lipinski definition) is 1. The van der Waals surface area contributed by atoms with E-state index in [-0.39, 0.29) is 0 Å². The molecule has 1 unspecified atom stereocenters. The maximum Gasteiger partial charge on any atom is 0.0368 e. The Labute approximate surface area is 98.4 Å². The third-order valence-electron chi connectivity index (χ3n) is 3.57. The maximum absolute atomic E-state index is 5.62. The predicted molar refractivity (Wildman–Crippen MR) is 69.5 cm³/mol. The van der Waals surface area contributed by atoms with Crippen LogP contribution in [0.1, 0.15) is 32.3 Å². The van der Waals surface area contributed by atoms with Crippen LogP contribution in [0.4, 0.5) is 5.69 Å². The van der Waals surface area contributed by atoms with Gasteiger partial charge in [-0.15, -0.1) is 0 Å². The van der Waals surface area contributed by atoms with Crippen LogP contribution in [0.15, 0.2) is 24.3 Å². The second-order valence-corrected chi connectivity index (χ2v) is 5.02. The molecule has 1 aromatic rings. The molecule has 2 N–H and O–H groups in total. The van der Waals surface area contributed by atoms with Crippen LogP contribution in [0.5, 0.6) is 0 Å². The topological polar surface area (TPSA) is 29.3 Å². The summed E-state index contributed by atoms with van der Waals surface area (Å²) in [6.45, 7) is 6.47. The number of nitrogens with two attached hydrogens (primary N) is 1. The van der Waals surface area contributed by atoms with E-state index < -0.39 is 0 Å². The third kappa shape index (κ3) is 2.22. The minimum atomic E-state index is 0.633. The van der Waals surface area contributed by atoms with Crippen LogP contribution < -0.4 is 10.6 Å². The minimum Gasteiger partial charge on any atom is -0.368 e. The first kappa shape index (κ1) is 11.5. The molecule has 1 saturated heterocycles. The molecule has 1 aliphatic heterocycles. The Balaban J connectivity index is 2.16. The van der Waals surface area contributed by atoms with Gasteiger partial charge in [0.15, 0.2) is 0 Å². The lowest BCUT2D eigenvalue weighted by molar-refractivity contribution is 0.492. The standard InChI is InChI=1S/C14H22N2/c1-11(2)14-4-3-9-16(14)13-7-5-12(10-15)6-8-13/h5-8,11,14H,3-4,9-10,15H2,1-2H3. The van der Waals surface area contributed by atoms with Gasteiger partial charge in [-0.25, -0.2) is 0 Å². The Kier molecular flexibility index (Phi) is 3.49. The molecule has 2 nitrogen and oxygen atoms in total. The van der Waals surface area contributed by atoms with Crippen LogP contribution >= 0.6 is 0 Å². The quantitative estimate of drug-likeness (QED) is 0.845. The largest absolute Gasteiger partial charge is 0.368 e. The van der Waals surface area contributed by atoms with Crippen LogP contribution in [0.25, 0.3) is 0 Å². The van der Waals surface area contributed by atoms with Crippen LogP contribution in [0, 0.1) is 5.92 Å². The molecule has 1 aliphatic rings. The summed E-state index contributed by atoms with van der Waals surface area (Å²) in [7, 11) is 0. The molecule has 1 fully saturated rings. The van der Waals surface area contributed by atoms with Gasteiger partial charge < -0.3 is 10.6 Å². The third-order valence-corrected chi connectivity index (χ3v) is 3.57. The predicted octanol–water partition coefficient (Wildman–Crippen LogP) is 2.77. The summed E-state index contributed by atoms with van der Waals surface area (Å²) >= 11 is 0. The van der Waals surface area contributed by atoms with Crippen molar-refractivity contribution >= 4 is 5.69 Å². The number of rotatable bonds is 3.